The van der Waals surface area contributed by atoms with Crippen LogP contribution in [0.15, 0.2) is 35.6 Å². The lowest BCUT2D eigenvalue weighted by atomic mass is 9.70. The van der Waals surface area contributed by atoms with Crippen molar-refractivity contribution in [3.8, 4) is 17.2 Å². The van der Waals surface area contributed by atoms with Crippen LogP contribution >= 0.6 is 0 Å². The molecule has 2 aliphatic rings. The lowest BCUT2D eigenvalue weighted by molar-refractivity contribution is -0.122. The van der Waals surface area contributed by atoms with E-state index in [0.717, 1.165) is 5.56 Å². The Labute approximate surface area is 139 Å². The molecule has 3 rings (SSSR count). The van der Waals surface area contributed by atoms with Crippen molar-refractivity contribution in [2.24, 2.45) is 0 Å². The zero-order valence-corrected chi connectivity index (χ0v) is 13.7. The molecule has 2 atom stereocenters. The van der Waals surface area contributed by atoms with Crippen LogP contribution in [0.4, 0.5) is 0 Å². The minimum Gasteiger partial charge on any atom is -0.509 e. The van der Waals surface area contributed by atoms with Gasteiger partial charge in [-0.3, -0.25) is 4.79 Å². The van der Waals surface area contributed by atoms with E-state index in [4.69, 9.17) is 4.74 Å². The first-order valence-corrected chi connectivity index (χ1v) is 7.65. The van der Waals surface area contributed by atoms with Crippen molar-refractivity contribution in [1.29, 1.82) is 0 Å². The summed E-state index contributed by atoms with van der Waals surface area (Å²) in [6.07, 6.45) is 1.43. The molecule has 0 saturated carbocycles. The fourth-order valence-electron chi connectivity index (χ4n) is 3.62. The van der Waals surface area contributed by atoms with Crippen molar-refractivity contribution >= 4 is 5.78 Å². The van der Waals surface area contributed by atoms with Gasteiger partial charge in [-0.2, -0.15) is 0 Å². The Balaban J connectivity index is 2.16. The van der Waals surface area contributed by atoms with Gasteiger partial charge in [0.25, 0.3) is 0 Å². The standard InChI is InChI=1S/C18H20O6/c1-17(2)8-18(3,9-4-6-11(19)14(22)13(9)21)24-16-10(17)5-7-12(20)15(16)23/h4-7,14,20-23H,8H2,1-3H3. The third-order valence-electron chi connectivity index (χ3n) is 4.73. The Bertz CT molecular complexity index is 789. The second-order valence-corrected chi connectivity index (χ2v) is 7.14. The highest BCUT2D eigenvalue weighted by Gasteiger charge is 2.47. The van der Waals surface area contributed by atoms with Gasteiger partial charge in [0.15, 0.2) is 23.4 Å². The van der Waals surface area contributed by atoms with E-state index in [1.807, 2.05) is 13.8 Å². The van der Waals surface area contributed by atoms with Gasteiger partial charge in [-0.15, -0.1) is 0 Å². The zero-order valence-electron chi connectivity index (χ0n) is 13.7. The SMILES string of the molecule is CC1(C2=C(O)C(O)C(=O)C=C2)CC(C)(C)c2ccc(O)c(O)c2O1. The monoisotopic (exact) mass is 332 g/mol. The number of benzene rings is 1. The molecule has 1 aliphatic carbocycles. The van der Waals surface area contributed by atoms with Crippen molar-refractivity contribution < 1.29 is 30.0 Å². The van der Waals surface area contributed by atoms with Gasteiger partial charge in [0.1, 0.15) is 11.4 Å². The molecule has 0 fully saturated rings. The normalized spacial score (nSPS) is 28.5. The van der Waals surface area contributed by atoms with E-state index in [1.165, 1.54) is 18.2 Å². The van der Waals surface area contributed by atoms with Gasteiger partial charge in [0.05, 0.1) is 0 Å². The van der Waals surface area contributed by atoms with Gasteiger partial charge in [-0.05, 0) is 30.6 Å². The topological polar surface area (TPSA) is 107 Å². The Morgan fingerprint density at radius 1 is 1.12 bits per heavy atom. The van der Waals surface area contributed by atoms with Crippen LogP contribution in [0.25, 0.3) is 0 Å². The summed E-state index contributed by atoms with van der Waals surface area (Å²) in [5, 5.41) is 40.0. The number of ether oxygens (including phenoxy) is 1. The van der Waals surface area contributed by atoms with Gasteiger partial charge in [0.2, 0.25) is 5.75 Å². The molecule has 0 bridgehead atoms. The molecule has 1 aliphatic heterocycles. The van der Waals surface area contributed by atoms with Crippen molar-refractivity contribution in [3.63, 3.8) is 0 Å². The number of ketones is 1. The molecule has 6 heteroatoms. The summed E-state index contributed by atoms with van der Waals surface area (Å²) < 4.78 is 5.96. The molecule has 128 valence electrons. The first kappa shape index (κ1) is 16.4. The number of rotatable bonds is 1. The van der Waals surface area contributed by atoms with E-state index >= 15 is 0 Å². The highest BCUT2D eigenvalue weighted by Crippen LogP contribution is 2.53. The Kier molecular flexibility index (Phi) is 3.42. The van der Waals surface area contributed by atoms with E-state index < -0.39 is 28.7 Å². The molecule has 1 heterocycles. The number of aliphatic hydroxyl groups excluding tert-OH is 2. The molecule has 0 amide bonds. The maximum atomic E-state index is 11.5. The van der Waals surface area contributed by atoms with Gasteiger partial charge in [0, 0.05) is 17.6 Å². The van der Waals surface area contributed by atoms with Crippen LogP contribution in [0.2, 0.25) is 0 Å². The van der Waals surface area contributed by atoms with E-state index in [0.29, 0.717) is 6.42 Å². The van der Waals surface area contributed by atoms with Gasteiger partial charge < -0.3 is 25.2 Å². The number of aliphatic hydroxyl groups is 2. The average Bonchev–Trinajstić information content (AvgIpc) is 2.48. The number of aromatic hydroxyl groups is 2. The van der Waals surface area contributed by atoms with Crippen molar-refractivity contribution in [2.75, 3.05) is 0 Å². The molecule has 0 spiro atoms. The molecule has 2 unspecified atom stereocenters. The van der Waals surface area contributed by atoms with Crippen LogP contribution in [0.1, 0.15) is 32.8 Å². The predicted octanol–water partition coefficient (Wildman–Crippen LogP) is 2.23. The fourth-order valence-corrected chi connectivity index (χ4v) is 3.62. The molecule has 6 nitrogen and oxygen atoms in total. The molecule has 0 saturated heterocycles. The van der Waals surface area contributed by atoms with E-state index in [2.05, 4.69) is 0 Å². The third kappa shape index (κ3) is 2.26. The summed E-state index contributed by atoms with van der Waals surface area (Å²) in [6, 6.07) is 3.09. The molecular formula is C18H20O6. The smallest absolute Gasteiger partial charge is 0.200 e. The number of phenolic OH excluding ortho intramolecular Hbond substituents is 2. The lowest BCUT2D eigenvalue weighted by Gasteiger charge is -2.45. The Morgan fingerprint density at radius 2 is 1.79 bits per heavy atom. The second-order valence-electron chi connectivity index (χ2n) is 7.14. The maximum absolute atomic E-state index is 11.5. The molecule has 4 N–H and O–H groups in total. The quantitative estimate of drug-likeness (QED) is 0.588. The largest absolute Gasteiger partial charge is 0.509 e. The molecular weight excluding hydrogens is 312 g/mol. The van der Waals surface area contributed by atoms with Crippen LogP contribution in [0.3, 0.4) is 0 Å². The predicted molar refractivity (Wildman–Crippen MR) is 86.3 cm³/mol. The van der Waals surface area contributed by atoms with Gasteiger partial charge >= 0.3 is 0 Å². The fraction of sp³-hybridized carbons (Fsp3) is 0.389. The van der Waals surface area contributed by atoms with Gasteiger partial charge in [-0.1, -0.05) is 19.9 Å². The second kappa shape index (κ2) is 5.01. The lowest BCUT2D eigenvalue weighted by Crippen LogP contribution is -2.46. The summed E-state index contributed by atoms with van der Waals surface area (Å²) >= 11 is 0. The highest BCUT2D eigenvalue weighted by atomic mass is 16.5. The number of hydrogen-bond donors (Lipinski definition) is 4. The summed E-state index contributed by atoms with van der Waals surface area (Å²) in [5.74, 6) is -1.60. The van der Waals surface area contributed by atoms with E-state index in [9.17, 15) is 25.2 Å². The van der Waals surface area contributed by atoms with Crippen LogP contribution in [0, 0.1) is 0 Å². The van der Waals surface area contributed by atoms with Crippen LogP contribution in [-0.2, 0) is 10.2 Å². The van der Waals surface area contributed by atoms with E-state index in [1.54, 1.807) is 13.0 Å². The van der Waals surface area contributed by atoms with E-state index in [-0.39, 0.29) is 22.8 Å². The van der Waals surface area contributed by atoms with Crippen LogP contribution in [0.5, 0.6) is 17.2 Å². The minimum absolute atomic E-state index is 0.133. The summed E-state index contributed by atoms with van der Waals surface area (Å²) in [4.78, 5) is 11.5. The molecule has 0 radical (unpaired) electrons. The Hall–Kier alpha value is -2.47. The summed E-state index contributed by atoms with van der Waals surface area (Å²) in [7, 11) is 0. The average molecular weight is 332 g/mol. The number of carbonyl (C=O) groups excluding carboxylic acids is 1. The minimum atomic E-state index is -1.62. The molecule has 0 aromatic heterocycles. The van der Waals surface area contributed by atoms with Crippen molar-refractivity contribution in [1.82, 2.24) is 0 Å². The molecule has 1 aromatic carbocycles. The van der Waals surface area contributed by atoms with Crippen LogP contribution in [-0.4, -0.2) is 37.9 Å². The first-order chi connectivity index (χ1) is 11.1. The molecule has 24 heavy (non-hydrogen) atoms. The summed E-state index contributed by atoms with van der Waals surface area (Å²) in [5.41, 5.74) is -0.534. The number of phenols is 2. The van der Waals surface area contributed by atoms with Crippen LogP contribution < -0.4 is 4.74 Å². The van der Waals surface area contributed by atoms with Gasteiger partial charge in [-0.25, -0.2) is 0 Å². The number of fused-ring (bicyclic) bond motifs is 1. The molecule has 1 aromatic rings. The Morgan fingerprint density at radius 3 is 2.46 bits per heavy atom. The first-order valence-electron chi connectivity index (χ1n) is 7.65. The zero-order chi connectivity index (χ0) is 17.9. The summed E-state index contributed by atoms with van der Waals surface area (Å²) in [6.45, 7) is 5.61. The highest BCUT2D eigenvalue weighted by molar-refractivity contribution is 5.97. The third-order valence-corrected chi connectivity index (χ3v) is 4.73. The maximum Gasteiger partial charge on any atom is 0.200 e. The van der Waals surface area contributed by atoms with Crippen molar-refractivity contribution in [3.05, 3.63) is 41.2 Å². The number of hydrogen-bond acceptors (Lipinski definition) is 6. The number of carbonyl (C=O) groups is 1. The van der Waals surface area contributed by atoms with Crippen molar-refractivity contribution in [2.45, 2.75) is 44.3 Å².